The van der Waals surface area contributed by atoms with Crippen molar-refractivity contribution in [3.05, 3.63) is 84.1 Å². The molecule has 1 saturated heterocycles. The Hall–Kier alpha value is -3.05. The van der Waals surface area contributed by atoms with Crippen LogP contribution >= 0.6 is 0 Å². The largest absolute Gasteiger partial charge is 0.494 e. The average Bonchev–Trinajstić information content (AvgIpc) is 3.24. The zero-order valence-electron chi connectivity index (χ0n) is 19.8. The van der Waals surface area contributed by atoms with E-state index in [0.29, 0.717) is 19.6 Å². The molecule has 2 unspecified atom stereocenters. The van der Waals surface area contributed by atoms with Crippen LogP contribution in [0.5, 0.6) is 5.75 Å². The van der Waals surface area contributed by atoms with Gasteiger partial charge in [0.15, 0.2) is 0 Å². The summed E-state index contributed by atoms with van der Waals surface area (Å²) in [6.45, 7) is 11.4. The number of rotatable bonds is 8. The fourth-order valence-corrected chi connectivity index (χ4v) is 3.29. The highest BCUT2D eigenvalue weighted by atomic mass is 16.5. The summed E-state index contributed by atoms with van der Waals surface area (Å²) in [7, 11) is 1.83. The number of hydrogen-bond donors (Lipinski definition) is 3. The van der Waals surface area contributed by atoms with E-state index >= 15 is 0 Å². The van der Waals surface area contributed by atoms with Gasteiger partial charge in [-0.3, -0.25) is 10.1 Å². The van der Waals surface area contributed by atoms with Crippen LogP contribution in [0.4, 0.5) is 0 Å². The Morgan fingerprint density at radius 2 is 2.00 bits per heavy atom. The molecule has 0 aromatic heterocycles. The summed E-state index contributed by atoms with van der Waals surface area (Å²) in [5, 5.41) is 9.30. The third kappa shape index (κ3) is 8.60. The lowest BCUT2D eigenvalue weighted by Crippen LogP contribution is -2.45. The van der Waals surface area contributed by atoms with Crippen LogP contribution in [-0.4, -0.2) is 32.3 Å². The maximum Gasteiger partial charge on any atom is 0.226 e. The zero-order chi connectivity index (χ0) is 23.3. The molecule has 5 heteroatoms. The van der Waals surface area contributed by atoms with Gasteiger partial charge in [-0.25, -0.2) is 0 Å². The van der Waals surface area contributed by atoms with E-state index in [9.17, 15) is 4.79 Å². The molecular weight excluding hydrogens is 398 g/mol. The number of carbonyl (C=O) groups is 1. The van der Waals surface area contributed by atoms with Crippen molar-refractivity contribution < 1.29 is 9.53 Å². The Labute approximate surface area is 193 Å². The van der Waals surface area contributed by atoms with Gasteiger partial charge in [-0.2, -0.15) is 0 Å². The Morgan fingerprint density at radius 3 is 2.56 bits per heavy atom. The van der Waals surface area contributed by atoms with E-state index in [1.807, 2.05) is 62.5 Å². The second-order valence-corrected chi connectivity index (χ2v) is 8.04. The molecule has 1 aliphatic heterocycles. The number of carbonyl (C=O) groups excluding carboxylic acids is 1. The van der Waals surface area contributed by atoms with Gasteiger partial charge >= 0.3 is 0 Å². The minimum atomic E-state index is -0.221. The molecule has 2 atom stereocenters. The number of hydrogen-bond acceptors (Lipinski definition) is 4. The molecule has 1 heterocycles. The van der Waals surface area contributed by atoms with Gasteiger partial charge in [-0.1, -0.05) is 61.5 Å². The Balaban J connectivity index is 0.000000439. The lowest BCUT2D eigenvalue weighted by molar-refractivity contribution is -0.124. The van der Waals surface area contributed by atoms with Crippen LogP contribution in [0.1, 0.15) is 37.8 Å². The third-order valence-electron chi connectivity index (χ3n) is 5.19. The number of allylic oxidation sites excluding steroid dienone is 2. The molecule has 0 saturated carbocycles. The molecule has 172 valence electrons. The first-order valence-corrected chi connectivity index (χ1v) is 11.3. The van der Waals surface area contributed by atoms with Crippen molar-refractivity contribution in [1.82, 2.24) is 16.0 Å². The third-order valence-corrected chi connectivity index (χ3v) is 5.19. The van der Waals surface area contributed by atoms with Gasteiger partial charge in [0.1, 0.15) is 5.75 Å². The average molecular weight is 436 g/mol. The zero-order valence-corrected chi connectivity index (χ0v) is 19.8. The first-order chi connectivity index (χ1) is 15.4. The summed E-state index contributed by atoms with van der Waals surface area (Å²) in [6.07, 6.45) is 3.48. The Kier molecular flexibility index (Phi) is 10.5. The van der Waals surface area contributed by atoms with Crippen LogP contribution in [0.3, 0.4) is 0 Å². The van der Waals surface area contributed by atoms with Crippen molar-refractivity contribution in [2.75, 3.05) is 20.2 Å². The molecule has 1 aliphatic rings. The number of amides is 1. The molecule has 0 bridgehead atoms. The van der Waals surface area contributed by atoms with Crippen LogP contribution in [0.15, 0.2) is 72.9 Å². The molecule has 3 rings (SSSR count). The molecule has 1 fully saturated rings. The monoisotopic (exact) mass is 435 g/mol. The van der Waals surface area contributed by atoms with Crippen molar-refractivity contribution in [3.8, 4) is 5.75 Å². The highest BCUT2D eigenvalue weighted by molar-refractivity contribution is 5.80. The van der Waals surface area contributed by atoms with E-state index in [1.165, 1.54) is 5.56 Å². The highest BCUT2D eigenvalue weighted by Crippen LogP contribution is 2.21. The molecule has 0 radical (unpaired) electrons. The number of aryl methyl sites for hydroxylation is 1. The molecule has 0 aliphatic carbocycles. The molecule has 3 N–H and O–H groups in total. The summed E-state index contributed by atoms with van der Waals surface area (Å²) in [5.74, 6) is 0.852. The maximum absolute atomic E-state index is 12.4. The van der Waals surface area contributed by atoms with E-state index in [0.717, 1.165) is 29.0 Å². The normalized spacial score (nSPS) is 16.4. The highest BCUT2D eigenvalue weighted by Gasteiger charge is 2.25. The van der Waals surface area contributed by atoms with E-state index in [-0.39, 0.29) is 18.0 Å². The van der Waals surface area contributed by atoms with E-state index in [4.69, 9.17) is 4.74 Å². The van der Waals surface area contributed by atoms with Crippen LogP contribution in [0.2, 0.25) is 0 Å². The van der Waals surface area contributed by atoms with E-state index in [1.54, 1.807) is 0 Å². The van der Waals surface area contributed by atoms with Gasteiger partial charge < -0.3 is 15.4 Å². The molecule has 1 amide bonds. The van der Waals surface area contributed by atoms with Gasteiger partial charge in [-0.05, 0) is 63.1 Å². The molecule has 2 aromatic rings. The molecule has 2 aromatic carbocycles. The summed E-state index contributed by atoms with van der Waals surface area (Å²) in [5.41, 5.74) is 4.41. The van der Waals surface area contributed by atoms with Gasteiger partial charge in [-0.15, -0.1) is 0 Å². The van der Waals surface area contributed by atoms with Crippen LogP contribution in [-0.2, 0) is 4.79 Å². The predicted octanol–water partition coefficient (Wildman–Crippen LogP) is 4.66. The minimum absolute atomic E-state index is 0.0366. The fourth-order valence-electron chi connectivity index (χ4n) is 3.29. The van der Waals surface area contributed by atoms with Crippen molar-refractivity contribution in [2.24, 2.45) is 5.92 Å². The number of ether oxygens (including phenoxy) is 1. The van der Waals surface area contributed by atoms with Crippen molar-refractivity contribution >= 4 is 11.5 Å². The SMILES string of the molecule is C=C1CC(C(=O)NC(/C=C(\C)c2cccc(OCCC)c2)NC)CN1.Cc1ccccc1. The van der Waals surface area contributed by atoms with Gasteiger partial charge in [0, 0.05) is 12.2 Å². The lowest BCUT2D eigenvalue weighted by Gasteiger charge is -2.18. The summed E-state index contributed by atoms with van der Waals surface area (Å²) >= 11 is 0. The molecule has 32 heavy (non-hydrogen) atoms. The summed E-state index contributed by atoms with van der Waals surface area (Å²) in [6, 6.07) is 18.3. The van der Waals surface area contributed by atoms with Crippen molar-refractivity contribution in [3.63, 3.8) is 0 Å². The Bertz CT molecular complexity index is 893. The van der Waals surface area contributed by atoms with E-state index < -0.39 is 0 Å². The van der Waals surface area contributed by atoms with Crippen LogP contribution in [0, 0.1) is 12.8 Å². The van der Waals surface area contributed by atoms with Crippen LogP contribution in [0.25, 0.3) is 5.57 Å². The van der Waals surface area contributed by atoms with Gasteiger partial charge in [0.25, 0.3) is 0 Å². The number of nitrogens with one attached hydrogen (secondary N) is 3. The second kappa shape index (κ2) is 13.4. The smallest absolute Gasteiger partial charge is 0.226 e. The second-order valence-electron chi connectivity index (χ2n) is 8.04. The first kappa shape index (κ1) is 25.2. The standard InChI is InChI=1S/C20H29N3O2.C7H8/c1-5-9-25-18-8-6-7-16(12-18)14(2)10-19(21-4)23-20(24)17-11-15(3)22-13-17;1-7-5-3-2-4-6-7/h6-8,10,12,17,19,21-22H,3,5,9,11,13H2,1-2,4H3,(H,23,24);2-6H,1H3/b14-10+;. The number of benzene rings is 2. The summed E-state index contributed by atoms with van der Waals surface area (Å²) < 4.78 is 5.69. The maximum atomic E-state index is 12.4. The first-order valence-electron chi connectivity index (χ1n) is 11.3. The summed E-state index contributed by atoms with van der Waals surface area (Å²) in [4.78, 5) is 12.4. The van der Waals surface area contributed by atoms with Crippen LogP contribution < -0.4 is 20.7 Å². The van der Waals surface area contributed by atoms with Crippen molar-refractivity contribution in [2.45, 2.75) is 39.8 Å². The lowest BCUT2D eigenvalue weighted by atomic mass is 10.1. The quantitative estimate of drug-likeness (QED) is 0.528. The van der Waals surface area contributed by atoms with Gasteiger partial charge in [0.2, 0.25) is 5.91 Å². The molecule has 5 nitrogen and oxygen atoms in total. The van der Waals surface area contributed by atoms with E-state index in [2.05, 4.69) is 48.5 Å². The number of likely N-dealkylation sites (N-methyl/N-ethyl adjacent to an activating group) is 1. The van der Waals surface area contributed by atoms with Gasteiger partial charge in [0.05, 0.1) is 18.7 Å². The predicted molar refractivity (Wildman–Crippen MR) is 133 cm³/mol. The Morgan fingerprint density at radius 1 is 1.25 bits per heavy atom. The topological polar surface area (TPSA) is 62.4 Å². The molecule has 0 spiro atoms. The minimum Gasteiger partial charge on any atom is -0.494 e. The fraction of sp³-hybridized carbons (Fsp3) is 0.370. The van der Waals surface area contributed by atoms with Crippen molar-refractivity contribution in [1.29, 1.82) is 0 Å². The molecular formula is C27H37N3O2.